The maximum absolute atomic E-state index is 9.65. The second-order valence-electron chi connectivity index (χ2n) is 5.68. The minimum absolute atomic E-state index is 0.292. The van der Waals surface area contributed by atoms with E-state index in [2.05, 4.69) is 17.2 Å². The van der Waals surface area contributed by atoms with Crippen molar-refractivity contribution in [3.63, 3.8) is 0 Å². The third kappa shape index (κ3) is 2.65. The van der Waals surface area contributed by atoms with E-state index in [1.165, 1.54) is 25.7 Å². The van der Waals surface area contributed by atoms with Crippen LogP contribution >= 0.6 is 0 Å². The fourth-order valence-electron chi connectivity index (χ4n) is 3.03. The summed E-state index contributed by atoms with van der Waals surface area (Å²) in [7, 11) is 0. The number of anilines is 1. The SMILES string of the molecule is CC1CCCC(Nc2nccc3ccc(O)cc23)C1. The van der Waals surface area contributed by atoms with Gasteiger partial charge >= 0.3 is 0 Å². The molecule has 2 N–H and O–H groups in total. The number of hydrogen-bond donors (Lipinski definition) is 2. The molecular weight excluding hydrogens is 236 g/mol. The Balaban J connectivity index is 1.89. The summed E-state index contributed by atoms with van der Waals surface area (Å²) >= 11 is 0. The Morgan fingerprint density at radius 3 is 3.00 bits per heavy atom. The van der Waals surface area contributed by atoms with Gasteiger partial charge in [-0.3, -0.25) is 0 Å². The number of phenolic OH excluding ortho intramolecular Hbond substituents is 1. The first-order chi connectivity index (χ1) is 9.22. The lowest BCUT2D eigenvalue weighted by Crippen LogP contribution is -2.26. The van der Waals surface area contributed by atoms with E-state index < -0.39 is 0 Å². The van der Waals surface area contributed by atoms with Gasteiger partial charge in [-0.25, -0.2) is 4.98 Å². The fourth-order valence-corrected chi connectivity index (χ4v) is 3.03. The molecule has 1 fully saturated rings. The van der Waals surface area contributed by atoms with Crippen LogP contribution in [0.3, 0.4) is 0 Å². The topological polar surface area (TPSA) is 45.2 Å². The zero-order valence-electron chi connectivity index (χ0n) is 11.3. The molecule has 0 saturated heterocycles. The first-order valence-electron chi connectivity index (χ1n) is 7.06. The van der Waals surface area contributed by atoms with Crippen LogP contribution in [0.5, 0.6) is 5.75 Å². The molecule has 1 heterocycles. The Morgan fingerprint density at radius 2 is 2.16 bits per heavy atom. The molecular formula is C16H20N2O. The Bertz CT molecular complexity index is 582. The molecule has 2 aromatic rings. The number of nitrogens with one attached hydrogen (secondary N) is 1. The average Bonchev–Trinajstić information content (AvgIpc) is 2.39. The molecule has 1 aliphatic carbocycles. The van der Waals surface area contributed by atoms with E-state index in [0.717, 1.165) is 22.5 Å². The van der Waals surface area contributed by atoms with E-state index in [-0.39, 0.29) is 0 Å². The summed E-state index contributed by atoms with van der Waals surface area (Å²) in [6, 6.07) is 7.92. The molecule has 2 atom stereocenters. The van der Waals surface area contributed by atoms with Gasteiger partial charge in [-0.15, -0.1) is 0 Å². The summed E-state index contributed by atoms with van der Waals surface area (Å²) in [5.41, 5.74) is 0. The van der Waals surface area contributed by atoms with Crippen LogP contribution in [0.2, 0.25) is 0 Å². The van der Waals surface area contributed by atoms with Gasteiger partial charge in [0.1, 0.15) is 11.6 Å². The summed E-state index contributed by atoms with van der Waals surface area (Å²) < 4.78 is 0. The van der Waals surface area contributed by atoms with Gasteiger partial charge in [-0.1, -0.05) is 25.8 Å². The van der Waals surface area contributed by atoms with Crippen molar-refractivity contribution in [2.75, 3.05) is 5.32 Å². The zero-order chi connectivity index (χ0) is 13.2. The van der Waals surface area contributed by atoms with Gasteiger partial charge in [0.25, 0.3) is 0 Å². The zero-order valence-corrected chi connectivity index (χ0v) is 11.3. The van der Waals surface area contributed by atoms with E-state index in [9.17, 15) is 5.11 Å². The summed E-state index contributed by atoms with van der Waals surface area (Å²) in [5, 5.41) is 15.3. The lowest BCUT2D eigenvalue weighted by atomic mass is 9.87. The van der Waals surface area contributed by atoms with Crippen molar-refractivity contribution in [1.29, 1.82) is 0 Å². The molecule has 1 saturated carbocycles. The van der Waals surface area contributed by atoms with Crippen LogP contribution < -0.4 is 5.32 Å². The van der Waals surface area contributed by atoms with Crippen molar-refractivity contribution in [2.24, 2.45) is 5.92 Å². The van der Waals surface area contributed by atoms with Gasteiger partial charge in [0.05, 0.1) is 0 Å². The summed E-state index contributed by atoms with van der Waals surface area (Å²) in [4.78, 5) is 4.44. The number of fused-ring (bicyclic) bond motifs is 1. The smallest absolute Gasteiger partial charge is 0.134 e. The van der Waals surface area contributed by atoms with E-state index in [0.29, 0.717) is 11.8 Å². The van der Waals surface area contributed by atoms with Crippen LogP contribution in [0.25, 0.3) is 10.8 Å². The number of aromatic hydroxyl groups is 1. The monoisotopic (exact) mass is 256 g/mol. The Morgan fingerprint density at radius 1 is 1.26 bits per heavy atom. The van der Waals surface area contributed by atoms with Crippen molar-refractivity contribution >= 4 is 16.6 Å². The van der Waals surface area contributed by atoms with Crippen LogP contribution in [0.4, 0.5) is 5.82 Å². The van der Waals surface area contributed by atoms with Crippen LogP contribution in [-0.4, -0.2) is 16.1 Å². The van der Waals surface area contributed by atoms with Crippen molar-refractivity contribution in [2.45, 2.75) is 38.6 Å². The molecule has 3 rings (SSSR count). The number of aromatic nitrogens is 1. The fraction of sp³-hybridized carbons (Fsp3) is 0.438. The molecule has 1 aliphatic rings. The minimum atomic E-state index is 0.292. The van der Waals surface area contributed by atoms with Gasteiger partial charge in [-0.05, 0) is 42.3 Å². The Hall–Kier alpha value is -1.77. The lowest BCUT2D eigenvalue weighted by molar-refractivity contribution is 0.358. The van der Waals surface area contributed by atoms with Crippen LogP contribution in [-0.2, 0) is 0 Å². The van der Waals surface area contributed by atoms with E-state index in [1.54, 1.807) is 12.1 Å². The third-order valence-electron chi connectivity index (χ3n) is 4.03. The number of pyridine rings is 1. The van der Waals surface area contributed by atoms with Gasteiger partial charge in [0.15, 0.2) is 0 Å². The first-order valence-corrected chi connectivity index (χ1v) is 7.06. The molecule has 0 bridgehead atoms. The largest absolute Gasteiger partial charge is 0.508 e. The molecule has 0 aliphatic heterocycles. The number of rotatable bonds is 2. The van der Waals surface area contributed by atoms with E-state index in [4.69, 9.17) is 0 Å². The highest BCUT2D eigenvalue weighted by Gasteiger charge is 2.19. The van der Waals surface area contributed by atoms with E-state index >= 15 is 0 Å². The maximum Gasteiger partial charge on any atom is 0.134 e. The Labute approximate surface area is 113 Å². The molecule has 0 radical (unpaired) electrons. The molecule has 2 unspecified atom stereocenters. The number of hydrogen-bond acceptors (Lipinski definition) is 3. The molecule has 1 aromatic carbocycles. The molecule has 3 nitrogen and oxygen atoms in total. The first kappa shape index (κ1) is 12.3. The van der Waals surface area contributed by atoms with Crippen molar-refractivity contribution in [1.82, 2.24) is 4.98 Å². The molecule has 3 heteroatoms. The van der Waals surface area contributed by atoms with Crippen LogP contribution in [0.1, 0.15) is 32.6 Å². The maximum atomic E-state index is 9.65. The highest BCUT2D eigenvalue weighted by atomic mass is 16.3. The second kappa shape index (κ2) is 5.08. The highest BCUT2D eigenvalue weighted by Crippen LogP contribution is 2.29. The Kier molecular flexibility index (Phi) is 3.28. The molecule has 1 aromatic heterocycles. The molecule has 0 amide bonds. The van der Waals surface area contributed by atoms with Crippen molar-refractivity contribution in [3.8, 4) is 5.75 Å². The third-order valence-corrected chi connectivity index (χ3v) is 4.03. The van der Waals surface area contributed by atoms with Crippen LogP contribution in [0, 0.1) is 5.92 Å². The van der Waals surface area contributed by atoms with Gasteiger partial charge < -0.3 is 10.4 Å². The number of nitrogens with zero attached hydrogens (tertiary/aromatic N) is 1. The second-order valence-corrected chi connectivity index (χ2v) is 5.68. The molecule has 100 valence electrons. The normalized spacial score (nSPS) is 23.4. The predicted octanol–water partition coefficient (Wildman–Crippen LogP) is 3.93. The number of phenols is 1. The molecule has 0 spiro atoms. The highest BCUT2D eigenvalue weighted by molar-refractivity contribution is 5.92. The van der Waals surface area contributed by atoms with E-state index in [1.807, 2.05) is 18.3 Å². The quantitative estimate of drug-likeness (QED) is 0.855. The molecule has 19 heavy (non-hydrogen) atoms. The van der Waals surface area contributed by atoms with Gasteiger partial charge in [0.2, 0.25) is 0 Å². The average molecular weight is 256 g/mol. The van der Waals surface area contributed by atoms with Crippen LogP contribution in [0.15, 0.2) is 30.5 Å². The van der Waals surface area contributed by atoms with Gasteiger partial charge in [0, 0.05) is 17.6 Å². The lowest BCUT2D eigenvalue weighted by Gasteiger charge is -2.28. The number of benzene rings is 1. The summed E-state index contributed by atoms with van der Waals surface area (Å²) in [6.07, 6.45) is 6.86. The standard InChI is InChI=1S/C16H20N2O/c1-11-3-2-4-13(9-11)18-16-15-10-14(19)6-5-12(15)7-8-17-16/h5-8,10-11,13,19H,2-4,9H2,1H3,(H,17,18). The van der Waals surface area contributed by atoms with Crippen molar-refractivity contribution < 1.29 is 5.11 Å². The van der Waals surface area contributed by atoms with Gasteiger partial charge in [-0.2, -0.15) is 0 Å². The summed E-state index contributed by atoms with van der Waals surface area (Å²) in [5.74, 6) is 1.97. The minimum Gasteiger partial charge on any atom is -0.508 e. The van der Waals surface area contributed by atoms with Crippen molar-refractivity contribution in [3.05, 3.63) is 30.5 Å². The summed E-state index contributed by atoms with van der Waals surface area (Å²) in [6.45, 7) is 2.32. The predicted molar refractivity (Wildman–Crippen MR) is 78.5 cm³/mol.